The maximum atomic E-state index is 13.2. The third kappa shape index (κ3) is 6.20. The molecule has 0 saturated carbocycles. The van der Waals surface area contributed by atoms with E-state index in [0.29, 0.717) is 12.8 Å². The lowest BCUT2D eigenvalue weighted by Gasteiger charge is -2.23. The number of H-pyrrole nitrogens is 2. The van der Waals surface area contributed by atoms with E-state index in [1.807, 2.05) is 95.3 Å². The Hall–Kier alpha value is -4.94. The molecule has 2 amide bonds. The average molecular weight is 675 g/mol. The van der Waals surface area contributed by atoms with Crippen molar-refractivity contribution in [1.82, 2.24) is 39.7 Å². The van der Waals surface area contributed by atoms with Gasteiger partial charge in [0.25, 0.3) is 0 Å². The first-order valence-electron chi connectivity index (χ1n) is 16.3. The van der Waals surface area contributed by atoms with Gasteiger partial charge in [0.1, 0.15) is 21.7 Å². The summed E-state index contributed by atoms with van der Waals surface area (Å²) in [5.74, 6) is 1.86. The third-order valence-electron chi connectivity index (χ3n) is 9.08. The van der Waals surface area contributed by atoms with Gasteiger partial charge in [-0.25, -0.2) is 19.9 Å². The fraction of sp³-hybridized carbons (Fsp3) is 0.278. The monoisotopic (exact) mass is 674 g/mol. The molecular weight excluding hydrogens is 641 g/mol. The van der Waals surface area contributed by atoms with Crippen molar-refractivity contribution in [2.75, 3.05) is 13.1 Å². The first-order valence-corrected chi connectivity index (χ1v) is 17.9. The molecule has 10 nitrogen and oxygen atoms in total. The lowest BCUT2D eigenvalue weighted by Crippen LogP contribution is -2.32. The van der Waals surface area contributed by atoms with E-state index >= 15 is 0 Å². The van der Waals surface area contributed by atoms with Crippen LogP contribution in [0, 0.1) is 0 Å². The molecule has 2 saturated heterocycles. The first kappa shape index (κ1) is 30.4. The molecule has 0 unspecified atom stereocenters. The van der Waals surface area contributed by atoms with Gasteiger partial charge in [-0.05, 0) is 36.8 Å². The van der Waals surface area contributed by atoms with E-state index in [1.54, 1.807) is 22.7 Å². The number of imidazole rings is 2. The van der Waals surface area contributed by atoms with Crippen LogP contribution in [0.15, 0.2) is 85.5 Å². The minimum atomic E-state index is -0.0592. The van der Waals surface area contributed by atoms with Crippen LogP contribution in [0.5, 0.6) is 0 Å². The van der Waals surface area contributed by atoms with Crippen molar-refractivity contribution < 1.29 is 9.59 Å². The molecule has 0 spiro atoms. The lowest BCUT2D eigenvalue weighted by molar-refractivity contribution is -0.132. The van der Waals surface area contributed by atoms with Crippen molar-refractivity contribution in [2.24, 2.45) is 0 Å². The van der Waals surface area contributed by atoms with Crippen LogP contribution in [-0.4, -0.2) is 64.6 Å². The van der Waals surface area contributed by atoms with Gasteiger partial charge < -0.3 is 19.8 Å². The van der Waals surface area contributed by atoms with Gasteiger partial charge in [0, 0.05) is 25.5 Å². The number of nitrogens with one attached hydrogen (secondary N) is 2. The van der Waals surface area contributed by atoms with Crippen LogP contribution in [-0.2, 0) is 22.4 Å². The average Bonchev–Trinajstić information content (AvgIpc) is 3.94. The summed E-state index contributed by atoms with van der Waals surface area (Å²) in [5, 5.41) is 1.67. The van der Waals surface area contributed by atoms with E-state index in [0.717, 1.165) is 92.7 Å². The predicted octanol–water partition coefficient (Wildman–Crippen LogP) is 6.86. The third-order valence-corrected chi connectivity index (χ3v) is 11.3. The second-order valence-corrected chi connectivity index (χ2v) is 14.3. The summed E-state index contributed by atoms with van der Waals surface area (Å²) in [4.78, 5) is 57.9. The summed E-state index contributed by atoms with van der Waals surface area (Å²) in [6.45, 7) is 1.48. The predicted molar refractivity (Wildman–Crippen MR) is 186 cm³/mol. The first-order chi connectivity index (χ1) is 23.6. The number of aromatic amines is 2. The largest absolute Gasteiger partial charge is 0.338 e. The topological polar surface area (TPSA) is 124 Å². The van der Waals surface area contributed by atoms with Crippen LogP contribution in [0.1, 0.15) is 60.5 Å². The van der Waals surface area contributed by atoms with Gasteiger partial charge >= 0.3 is 0 Å². The smallest absolute Gasteiger partial charge is 0.227 e. The zero-order chi connectivity index (χ0) is 32.5. The zero-order valence-electron chi connectivity index (χ0n) is 26.2. The molecule has 4 aromatic heterocycles. The Morgan fingerprint density at radius 1 is 0.625 bits per heavy atom. The maximum absolute atomic E-state index is 13.2. The lowest BCUT2D eigenvalue weighted by atomic mass is 10.1. The molecule has 2 aliphatic heterocycles. The Morgan fingerprint density at radius 3 is 1.50 bits per heavy atom. The second kappa shape index (κ2) is 13.3. The molecular formula is C36H34N8O2S2. The maximum Gasteiger partial charge on any atom is 0.227 e. The summed E-state index contributed by atoms with van der Waals surface area (Å²) < 4.78 is 0. The van der Waals surface area contributed by atoms with Gasteiger partial charge in [0.2, 0.25) is 11.8 Å². The van der Waals surface area contributed by atoms with E-state index in [4.69, 9.17) is 9.97 Å². The number of rotatable bonds is 9. The Kier molecular flexibility index (Phi) is 8.41. The van der Waals surface area contributed by atoms with Crippen LogP contribution in [0.2, 0.25) is 0 Å². The fourth-order valence-electron chi connectivity index (χ4n) is 6.70. The van der Waals surface area contributed by atoms with Gasteiger partial charge in [0.05, 0.1) is 58.5 Å². The molecule has 2 aliphatic rings. The number of thiazole rings is 2. The van der Waals surface area contributed by atoms with Gasteiger partial charge in [-0.3, -0.25) is 9.59 Å². The number of carbonyl (C=O) groups excluding carboxylic acids is 2. The number of nitrogens with zero attached hydrogens (tertiary/aromatic N) is 6. The highest BCUT2D eigenvalue weighted by Crippen LogP contribution is 2.39. The number of amides is 2. The highest BCUT2D eigenvalue weighted by molar-refractivity contribution is 7.24. The minimum absolute atomic E-state index is 0.0592. The summed E-state index contributed by atoms with van der Waals surface area (Å²) in [5.41, 5.74) is 3.73. The normalized spacial score (nSPS) is 17.8. The summed E-state index contributed by atoms with van der Waals surface area (Å²) in [7, 11) is 0. The Labute approximate surface area is 286 Å². The molecule has 2 N–H and O–H groups in total. The minimum Gasteiger partial charge on any atom is -0.338 e. The van der Waals surface area contributed by atoms with E-state index in [-0.39, 0.29) is 23.9 Å². The van der Waals surface area contributed by atoms with Gasteiger partial charge in [-0.15, -0.1) is 22.7 Å². The van der Waals surface area contributed by atoms with Crippen LogP contribution >= 0.6 is 22.7 Å². The van der Waals surface area contributed by atoms with Crippen molar-refractivity contribution in [3.8, 4) is 31.2 Å². The molecule has 2 aromatic carbocycles. The van der Waals surface area contributed by atoms with Crippen molar-refractivity contribution in [2.45, 2.75) is 50.6 Å². The fourth-order valence-corrected chi connectivity index (χ4v) is 8.52. The highest BCUT2D eigenvalue weighted by atomic mass is 32.1. The standard InChI is InChI=1S/C36H34N8O2S2/c45-31(17-23-9-3-1-4-10-23)43-15-7-13-27(43)33-37-19-25(41-33)35-39-21-29(47-35)30-22-40-36(48-30)26-20-38-34(42-26)28-14-8-16-44(28)32(46)18-24-11-5-2-6-12-24/h1-6,9-12,19-22,27-28H,7-8,13-18H2,(H,37,41)(H,38,42)/t27-,28-/m0/s1. The number of aromatic nitrogens is 6. The number of carbonyl (C=O) groups is 2. The van der Waals surface area contributed by atoms with Crippen LogP contribution in [0.25, 0.3) is 31.2 Å². The molecule has 6 heterocycles. The molecule has 8 rings (SSSR count). The van der Waals surface area contributed by atoms with Gasteiger partial charge in [-0.1, -0.05) is 60.7 Å². The van der Waals surface area contributed by atoms with Crippen LogP contribution < -0.4 is 0 Å². The molecule has 48 heavy (non-hydrogen) atoms. The highest BCUT2D eigenvalue weighted by Gasteiger charge is 2.33. The molecule has 0 radical (unpaired) electrons. The summed E-state index contributed by atoms with van der Waals surface area (Å²) in [6.07, 6.45) is 11.9. The molecule has 0 bridgehead atoms. The summed E-state index contributed by atoms with van der Waals surface area (Å²) >= 11 is 3.16. The molecule has 0 aliphatic carbocycles. The number of benzene rings is 2. The van der Waals surface area contributed by atoms with E-state index in [2.05, 4.69) is 19.9 Å². The number of hydrogen-bond acceptors (Lipinski definition) is 8. The molecule has 12 heteroatoms. The zero-order valence-corrected chi connectivity index (χ0v) is 27.8. The summed E-state index contributed by atoms with van der Waals surface area (Å²) in [6, 6.07) is 19.7. The molecule has 6 aromatic rings. The Balaban J connectivity index is 0.934. The quantitative estimate of drug-likeness (QED) is 0.173. The van der Waals surface area contributed by atoms with E-state index < -0.39 is 0 Å². The van der Waals surface area contributed by atoms with Crippen molar-refractivity contribution in [3.05, 3.63) is 108 Å². The molecule has 2 atom stereocenters. The van der Waals surface area contributed by atoms with Crippen molar-refractivity contribution >= 4 is 34.5 Å². The Bertz CT molecular complexity index is 1890. The van der Waals surface area contributed by atoms with E-state index in [9.17, 15) is 9.59 Å². The number of likely N-dealkylation sites (tertiary alicyclic amines) is 2. The Morgan fingerprint density at radius 2 is 1.06 bits per heavy atom. The van der Waals surface area contributed by atoms with Gasteiger partial charge in [-0.2, -0.15) is 0 Å². The molecule has 2 fully saturated rings. The number of hydrogen-bond donors (Lipinski definition) is 2. The molecule has 242 valence electrons. The van der Waals surface area contributed by atoms with E-state index in [1.165, 1.54) is 0 Å². The van der Waals surface area contributed by atoms with Crippen LogP contribution in [0.4, 0.5) is 0 Å². The van der Waals surface area contributed by atoms with Crippen molar-refractivity contribution in [1.29, 1.82) is 0 Å². The SMILES string of the molecule is O=C(Cc1ccccc1)N1CCC[C@H]1c1ncc(-c2ncc(-c3cnc(-c4cnc([C@@H]5CCCN5C(=O)Cc5ccccc5)[nH]4)s3)s2)[nH]1. The van der Waals surface area contributed by atoms with Gasteiger partial charge in [0.15, 0.2) is 0 Å². The second-order valence-electron chi connectivity index (χ2n) is 12.2. The van der Waals surface area contributed by atoms with Crippen molar-refractivity contribution in [3.63, 3.8) is 0 Å². The van der Waals surface area contributed by atoms with Crippen LogP contribution in [0.3, 0.4) is 0 Å².